The SMILES string of the molecule is CC1(O)COCCN([O-])C1. The molecule has 0 amide bonds. The highest BCUT2D eigenvalue weighted by Gasteiger charge is 2.23. The Morgan fingerprint density at radius 2 is 2.40 bits per heavy atom. The molecule has 1 aliphatic rings. The minimum absolute atomic E-state index is 0.146. The minimum Gasteiger partial charge on any atom is -0.785 e. The molecule has 0 aliphatic carbocycles. The second-order valence-corrected chi connectivity index (χ2v) is 2.91. The summed E-state index contributed by atoms with van der Waals surface area (Å²) >= 11 is 0. The van der Waals surface area contributed by atoms with Crippen LogP contribution >= 0.6 is 0 Å². The third-order valence-electron chi connectivity index (χ3n) is 1.42. The summed E-state index contributed by atoms with van der Waals surface area (Å²) < 4.78 is 4.99. The van der Waals surface area contributed by atoms with E-state index in [0.717, 1.165) is 5.06 Å². The molecule has 1 fully saturated rings. The molecular formula is C6H12NO3-. The van der Waals surface area contributed by atoms with Gasteiger partial charge in [0.25, 0.3) is 0 Å². The van der Waals surface area contributed by atoms with Gasteiger partial charge in [-0.3, -0.25) is 0 Å². The summed E-state index contributed by atoms with van der Waals surface area (Å²) in [4.78, 5) is 0. The zero-order valence-corrected chi connectivity index (χ0v) is 6.04. The van der Waals surface area contributed by atoms with Crippen LogP contribution in [0.5, 0.6) is 0 Å². The van der Waals surface area contributed by atoms with E-state index in [9.17, 15) is 10.3 Å². The van der Waals surface area contributed by atoms with Crippen LogP contribution in [-0.4, -0.2) is 42.1 Å². The lowest BCUT2D eigenvalue weighted by Crippen LogP contribution is -2.39. The normalized spacial score (nSPS) is 37.5. The van der Waals surface area contributed by atoms with Crippen LogP contribution in [0.2, 0.25) is 0 Å². The van der Waals surface area contributed by atoms with Gasteiger partial charge in [0, 0.05) is 13.1 Å². The molecular weight excluding hydrogens is 134 g/mol. The summed E-state index contributed by atoms with van der Waals surface area (Å²) in [6.07, 6.45) is 0. The van der Waals surface area contributed by atoms with Crippen molar-refractivity contribution >= 4 is 0 Å². The van der Waals surface area contributed by atoms with Crippen molar-refractivity contribution in [2.75, 3.05) is 26.3 Å². The van der Waals surface area contributed by atoms with Crippen LogP contribution in [0.1, 0.15) is 6.92 Å². The Labute approximate surface area is 60.0 Å². The van der Waals surface area contributed by atoms with Gasteiger partial charge in [-0.05, 0) is 6.92 Å². The molecule has 10 heavy (non-hydrogen) atoms. The molecule has 1 aliphatic heterocycles. The number of nitrogens with zero attached hydrogens (tertiary/aromatic N) is 1. The van der Waals surface area contributed by atoms with E-state index in [-0.39, 0.29) is 13.2 Å². The number of β-amino-alcohol motifs (C(OH)–C–C–N with tert-alkyl or cyclic N) is 1. The molecule has 1 atom stereocenters. The van der Waals surface area contributed by atoms with Crippen LogP contribution in [-0.2, 0) is 4.74 Å². The molecule has 60 valence electrons. The number of hydroxylamine groups is 2. The van der Waals surface area contributed by atoms with Gasteiger partial charge in [-0.15, -0.1) is 0 Å². The van der Waals surface area contributed by atoms with Crippen molar-refractivity contribution in [3.63, 3.8) is 0 Å². The van der Waals surface area contributed by atoms with E-state index in [1.54, 1.807) is 6.92 Å². The lowest BCUT2D eigenvalue weighted by Gasteiger charge is -2.31. The second-order valence-electron chi connectivity index (χ2n) is 2.91. The number of hydrogen-bond donors (Lipinski definition) is 1. The van der Waals surface area contributed by atoms with Crippen molar-refractivity contribution in [3.05, 3.63) is 5.21 Å². The first-order valence-corrected chi connectivity index (χ1v) is 3.32. The summed E-state index contributed by atoms with van der Waals surface area (Å²) in [7, 11) is 0. The van der Waals surface area contributed by atoms with Crippen molar-refractivity contribution < 1.29 is 9.84 Å². The zero-order valence-electron chi connectivity index (χ0n) is 6.04. The van der Waals surface area contributed by atoms with E-state index in [1.807, 2.05) is 0 Å². The van der Waals surface area contributed by atoms with Gasteiger partial charge in [0.15, 0.2) is 0 Å². The highest BCUT2D eigenvalue weighted by Crippen LogP contribution is 2.09. The van der Waals surface area contributed by atoms with Crippen LogP contribution in [0.3, 0.4) is 0 Å². The number of ether oxygens (including phenoxy) is 1. The van der Waals surface area contributed by atoms with Crippen LogP contribution in [0, 0.1) is 5.21 Å². The summed E-state index contributed by atoms with van der Waals surface area (Å²) in [5, 5.41) is 21.0. The quantitative estimate of drug-likeness (QED) is 0.503. The van der Waals surface area contributed by atoms with Crippen molar-refractivity contribution in [2.45, 2.75) is 12.5 Å². The fourth-order valence-corrected chi connectivity index (χ4v) is 0.963. The fourth-order valence-electron chi connectivity index (χ4n) is 0.963. The van der Waals surface area contributed by atoms with Gasteiger partial charge in [-0.2, -0.15) is 0 Å². The molecule has 1 heterocycles. The van der Waals surface area contributed by atoms with Crippen LogP contribution in [0.4, 0.5) is 0 Å². The summed E-state index contributed by atoms with van der Waals surface area (Å²) in [5.74, 6) is 0. The Bertz CT molecular complexity index is 116. The standard InChI is InChI=1S/C6H12NO3/c1-6(8)4-7(9)2-3-10-5-6/h8H,2-5H2,1H3/q-1. The monoisotopic (exact) mass is 146 g/mol. The predicted molar refractivity (Wildman–Crippen MR) is 36.4 cm³/mol. The first-order chi connectivity index (χ1) is 4.60. The Morgan fingerprint density at radius 1 is 1.70 bits per heavy atom. The lowest BCUT2D eigenvalue weighted by molar-refractivity contribution is -0.0190. The smallest absolute Gasteiger partial charge is 0.0968 e. The van der Waals surface area contributed by atoms with E-state index < -0.39 is 5.60 Å². The lowest BCUT2D eigenvalue weighted by atomic mass is 10.1. The molecule has 0 saturated carbocycles. The summed E-state index contributed by atoms with van der Waals surface area (Å²) in [6, 6.07) is 0. The largest absolute Gasteiger partial charge is 0.785 e. The Morgan fingerprint density at radius 3 is 3.10 bits per heavy atom. The maximum atomic E-state index is 10.8. The van der Waals surface area contributed by atoms with Crippen LogP contribution in [0.25, 0.3) is 0 Å². The van der Waals surface area contributed by atoms with Gasteiger partial charge in [-0.1, -0.05) is 0 Å². The number of rotatable bonds is 0. The third kappa shape index (κ3) is 2.22. The van der Waals surface area contributed by atoms with Crippen molar-refractivity contribution in [1.29, 1.82) is 0 Å². The number of hydrogen-bond acceptors (Lipinski definition) is 4. The van der Waals surface area contributed by atoms with E-state index in [1.165, 1.54) is 0 Å². The zero-order chi connectivity index (χ0) is 7.61. The Hall–Kier alpha value is -0.160. The van der Waals surface area contributed by atoms with E-state index in [2.05, 4.69) is 0 Å². The van der Waals surface area contributed by atoms with Gasteiger partial charge < -0.3 is 20.1 Å². The summed E-state index contributed by atoms with van der Waals surface area (Å²) in [6.45, 7) is 2.78. The molecule has 0 aromatic rings. The molecule has 1 saturated heterocycles. The van der Waals surface area contributed by atoms with Gasteiger partial charge >= 0.3 is 0 Å². The van der Waals surface area contributed by atoms with Crippen LogP contribution in [0.15, 0.2) is 0 Å². The molecule has 1 rings (SSSR count). The molecule has 1 unspecified atom stereocenters. The summed E-state index contributed by atoms with van der Waals surface area (Å²) in [5.41, 5.74) is -0.974. The van der Waals surface area contributed by atoms with Gasteiger partial charge in [-0.25, -0.2) is 0 Å². The highest BCUT2D eigenvalue weighted by molar-refractivity contribution is 4.79. The third-order valence-corrected chi connectivity index (χ3v) is 1.42. The average molecular weight is 146 g/mol. The molecule has 4 nitrogen and oxygen atoms in total. The first-order valence-electron chi connectivity index (χ1n) is 3.32. The fraction of sp³-hybridized carbons (Fsp3) is 1.00. The Kier molecular flexibility index (Phi) is 2.25. The molecule has 1 N–H and O–H groups in total. The van der Waals surface area contributed by atoms with Gasteiger partial charge in [0.2, 0.25) is 0 Å². The van der Waals surface area contributed by atoms with E-state index in [4.69, 9.17) is 4.74 Å². The second kappa shape index (κ2) is 2.84. The van der Waals surface area contributed by atoms with E-state index >= 15 is 0 Å². The van der Waals surface area contributed by atoms with Crippen LogP contribution < -0.4 is 0 Å². The molecule has 4 heteroatoms. The van der Waals surface area contributed by atoms with Crippen molar-refractivity contribution in [3.8, 4) is 0 Å². The molecule has 0 bridgehead atoms. The molecule has 0 radical (unpaired) electrons. The van der Waals surface area contributed by atoms with Crippen molar-refractivity contribution in [1.82, 2.24) is 5.06 Å². The van der Waals surface area contributed by atoms with Crippen molar-refractivity contribution in [2.24, 2.45) is 0 Å². The van der Waals surface area contributed by atoms with Gasteiger partial charge in [0.1, 0.15) is 0 Å². The topological polar surface area (TPSA) is 55.8 Å². The maximum Gasteiger partial charge on any atom is 0.0968 e. The average Bonchev–Trinajstić information content (AvgIpc) is 1.90. The highest BCUT2D eigenvalue weighted by atomic mass is 16.5. The number of aliphatic hydroxyl groups is 1. The first kappa shape index (κ1) is 7.94. The molecule has 0 aromatic heterocycles. The van der Waals surface area contributed by atoms with Gasteiger partial charge in [0.05, 0.1) is 18.8 Å². The molecule has 0 spiro atoms. The Balaban J connectivity index is 2.46. The minimum atomic E-state index is -0.974. The maximum absolute atomic E-state index is 10.8. The predicted octanol–water partition coefficient (Wildman–Crippen LogP) is -0.433. The molecule has 0 aromatic carbocycles. The van der Waals surface area contributed by atoms with E-state index in [0.29, 0.717) is 13.2 Å².